The van der Waals surface area contributed by atoms with Gasteiger partial charge in [-0.3, -0.25) is 9.79 Å². The van der Waals surface area contributed by atoms with Crippen molar-refractivity contribution in [3.8, 4) is 0 Å². The van der Waals surface area contributed by atoms with E-state index in [2.05, 4.69) is 10.3 Å². The smallest absolute Gasteiger partial charge is 0.341 e. The number of aliphatic imine (C=N–C) groups is 1. The summed E-state index contributed by atoms with van der Waals surface area (Å²) in [5, 5.41) is 3.61. The lowest BCUT2D eigenvalue weighted by Crippen LogP contribution is -2.16. The fraction of sp³-hybridized carbons (Fsp3) is 0.588. The number of anilines is 1. The van der Waals surface area contributed by atoms with E-state index in [0.717, 1.165) is 47.9 Å². The number of ether oxygens (including phenoxy) is 1. The van der Waals surface area contributed by atoms with Gasteiger partial charge in [0.2, 0.25) is 5.91 Å². The molecule has 1 aromatic heterocycles. The van der Waals surface area contributed by atoms with Crippen molar-refractivity contribution < 1.29 is 14.3 Å². The molecule has 1 aromatic rings. The zero-order chi connectivity index (χ0) is 17.6. The molecule has 1 aliphatic heterocycles. The highest BCUT2D eigenvalue weighted by molar-refractivity contribution is 8.39. The van der Waals surface area contributed by atoms with Gasteiger partial charge in [-0.15, -0.1) is 11.3 Å². The number of carbonyl (C=O) groups excluding carboxylic acids is 2. The van der Waals surface area contributed by atoms with Crippen molar-refractivity contribution in [2.24, 2.45) is 4.99 Å². The van der Waals surface area contributed by atoms with E-state index >= 15 is 0 Å². The molecule has 1 N–H and O–H groups in total. The summed E-state index contributed by atoms with van der Waals surface area (Å²) in [5.41, 5.74) is 1.66. The molecular weight excluding hydrogens is 376 g/mol. The van der Waals surface area contributed by atoms with Crippen molar-refractivity contribution in [1.29, 1.82) is 0 Å². The first-order valence-corrected chi connectivity index (χ1v) is 11.4. The Balaban J connectivity index is 1.65. The number of thiophene rings is 1. The maximum absolute atomic E-state index is 12.4. The van der Waals surface area contributed by atoms with Crippen LogP contribution < -0.4 is 5.32 Å². The second-order valence-electron chi connectivity index (χ2n) is 5.78. The lowest BCUT2D eigenvalue weighted by atomic mass is 9.95. The number of amides is 1. The number of fused-ring (bicyclic) bond motifs is 1. The summed E-state index contributed by atoms with van der Waals surface area (Å²) in [5.74, 6) is 1.37. The Hall–Kier alpha value is -0.990. The van der Waals surface area contributed by atoms with Crippen LogP contribution in [0.15, 0.2) is 4.99 Å². The van der Waals surface area contributed by atoms with Crippen molar-refractivity contribution in [2.75, 3.05) is 30.0 Å². The Labute approximate surface area is 160 Å². The van der Waals surface area contributed by atoms with Gasteiger partial charge < -0.3 is 10.1 Å². The van der Waals surface area contributed by atoms with E-state index in [-0.39, 0.29) is 11.9 Å². The first-order valence-electron chi connectivity index (χ1n) is 8.60. The first kappa shape index (κ1) is 18.8. The van der Waals surface area contributed by atoms with Crippen molar-refractivity contribution in [1.82, 2.24) is 0 Å². The minimum atomic E-state index is -0.316. The van der Waals surface area contributed by atoms with Gasteiger partial charge in [-0.05, 0) is 38.2 Å². The monoisotopic (exact) mass is 398 g/mol. The van der Waals surface area contributed by atoms with Crippen molar-refractivity contribution in [3.63, 3.8) is 0 Å². The molecule has 0 radical (unpaired) electrons. The number of carbonyl (C=O) groups is 2. The third-order valence-corrected chi connectivity index (χ3v) is 7.48. The number of nitrogens with one attached hydrogen (secondary N) is 1. The van der Waals surface area contributed by atoms with Crippen molar-refractivity contribution >= 4 is 56.1 Å². The van der Waals surface area contributed by atoms with Crippen molar-refractivity contribution in [3.05, 3.63) is 16.0 Å². The first-order chi connectivity index (χ1) is 12.2. The van der Waals surface area contributed by atoms with Crippen LogP contribution in [0.25, 0.3) is 0 Å². The van der Waals surface area contributed by atoms with Gasteiger partial charge in [-0.2, -0.15) is 0 Å². The Morgan fingerprint density at radius 2 is 2.16 bits per heavy atom. The fourth-order valence-electron chi connectivity index (χ4n) is 2.90. The summed E-state index contributed by atoms with van der Waals surface area (Å²) in [7, 11) is 0. The summed E-state index contributed by atoms with van der Waals surface area (Å²) in [6, 6.07) is 0. The van der Waals surface area contributed by atoms with Crippen LogP contribution in [0.4, 0.5) is 5.00 Å². The fourth-order valence-corrected chi connectivity index (χ4v) is 6.21. The van der Waals surface area contributed by atoms with Gasteiger partial charge in [0.15, 0.2) is 0 Å². The number of aryl methyl sites for hydroxylation is 1. The van der Waals surface area contributed by atoms with Crippen LogP contribution in [0.3, 0.4) is 0 Å². The Bertz CT molecular complexity index is 685. The predicted octanol–water partition coefficient (Wildman–Crippen LogP) is 3.97. The molecule has 2 aliphatic rings. The number of hydrogen-bond acceptors (Lipinski definition) is 7. The molecule has 2 heterocycles. The predicted molar refractivity (Wildman–Crippen MR) is 107 cm³/mol. The van der Waals surface area contributed by atoms with E-state index in [9.17, 15) is 9.59 Å². The van der Waals surface area contributed by atoms with E-state index in [1.165, 1.54) is 16.2 Å². The highest BCUT2D eigenvalue weighted by Crippen LogP contribution is 2.38. The molecule has 0 atom stereocenters. The number of nitrogens with zero attached hydrogens (tertiary/aromatic N) is 1. The van der Waals surface area contributed by atoms with Gasteiger partial charge >= 0.3 is 5.97 Å². The van der Waals surface area contributed by atoms with Gasteiger partial charge in [0.05, 0.1) is 18.7 Å². The topological polar surface area (TPSA) is 67.8 Å². The highest BCUT2D eigenvalue weighted by Gasteiger charge is 2.27. The normalized spacial score (nSPS) is 16.3. The van der Waals surface area contributed by atoms with E-state index in [1.54, 1.807) is 30.4 Å². The maximum atomic E-state index is 12.4. The summed E-state index contributed by atoms with van der Waals surface area (Å²) in [6.07, 6.45) is 4.51. The van der Waals surface area contributed by atoms with E-state index in [1.807, 2.05) is 0 Å². The van der Waals surface area contributed by atoms with Crippen LogP contribution in [0.1, 0.15) is 47.0 Å². The molecule has 25 heavy (non-hydrogen) atoms. The standard InChI is InChI=1S/C17H22N2O3S3/c1-2-22-16(21)14-11-5-3-4-6-12(11)25-15(14)19-13(20)7-9-23-17-18-8-10-24-17/h2-10H2,1H3,(H,19,20). The Morgan fingerprint density at radius 3 is 2.92 bits per heavy atom. The summed E-state index contributed by atoms with van der Waals surface area (Å²) in [4.78, 5) is 30.3. The average molecular weight is 399 g/mol. The zero-order valence-corrected chi connectivity index (χ0v) is 16.7. The number of rotatable bonds is 6. The van der Waals surface area contributed by atoms with Crippen molar-refractivity contribution in [2.45, 2.75) is 39.0 Å². The Kier molecular flexibility index (Phi) is 6.84. The second kappa shape index (κ2) is 9.09. The van der Waals surface area contributed by atoms with Gasteiger partial charge in [0.1, 0.15) is 9.38 Å². The zero-order valence-electron chi connectivity index (χ0n) is 14.3. The largest absolute Gasteiger partial charge is 0.462 e. The van der Waals surface area contributed by atoms with Crippen LogP contribution in [-0.2, 0) is 22.4 Å². The average Bonchev–Trinajstić information content (AvgIpc) is 3.22. The molecule has 0 aromatic carbocycles. The van der Waals surface area contributed by atoms with Gasteiger partial charge in [-0.25, -0.2) is 4.79 Å². The molecule has 0 spiro atoms. The van der Waals surface area contributed by atoms with Crippen LogP contribution in [-0.4, -0.2) is 40.9 Å². The molecule has 3 rings (SSSR count). The van der Waals surface area contributed by atoms with Gasteiger partial charge in [0.25, 0.3) is 0 Å². The molecule has 8 heteroatoms. The number of thioether (sulfide) groups is 2. The van der Waals surface area contributed by atoms with Crippen LogP contribution in [0.2, 0.25) is 0 Å². The molecule has 0 saturated carbocycles. The summed E-state index contributed by atoms with van der Waals surface area (Å²) >= 11 is 4.92. The molecule has 0 saturated heterocycles. The molecular formula is C17H22N2O3S3. The Morgan fingerprint density at radius 1 is 1.32 bits per heavy atom. The van der Waals surface area contributed by atoms with Crippen LogP contribution in [0, 0.1) is 0 Å². The van der Waals surface area contributed by atoms with E-state index < -0.39 is 0 Å². The molecule has 5 nitrogen and oxygen atoms in total. The molecule has 1 amide bonds. The third kappa shape index (κ3) is 4.80. The minimum Gasteiger partial charge on any atom is -0.462 e. The molecule has 1 aliphatic carbocycles. The highest BCUT2D eigenvalue weighted by atomic mass is 32.2. The quantitative estimate of drug-likeness (QED) is 0.735. The summed E-state index contributed by atoms with van der Waals surface area (Å²) < 4.78 is 6.29. The third-order valence-electron chi connectivity index (χ3n) is 4.02. The minimum absolute atomic E-state index is 0.0553. The van der Waals surface area contributed by atoms with Gasteiger partial charge in [-0.1, -0.05) is 23.5 Å². The SMILES string of the molecule is CCOC(=O)c1c(NC(=O)CCSC2=NCCS2)sc2c1CCCC2. The van der Waals surface area contributed by atoms with Crippen LogP contribution >= 0.6 is 34.9 Å². The van der Waals surface area contributed by atoms with Crippen LogP contribution in [0.5, 0.6) is 0 Å². The summed E-state index contributed by atoms with van der Waals surface area (Å²) in [6.45, 7) is 3.02. The van der Waals surface area contributed by atoms with Gasteiger partial charge in [0, 0.05) is 22.8 Å². The molecule has 0 fully saturated rings. The number of hydrogen-bond donors (Lipinski definition) is 1. The lowest BCUT2D eigenvalue weighted by molar-refractivity contribution is -0.115. The molecule has 136 valence electrons. The second-order valence-corrected chi connectivity index (χ2v) is 9.31. The van der Waals surface area contributed by atoms with E-state index in [4.69, 9.17) is 4.74 Å². The lowest BCUT2D eigenvalue weighted by Gasteiger charge is -2.12. The molecule has 0 bridgehead atoms. The van der Waals surface area contributed by atoms with E-state index in [0.29, 0.717) is 29.3 Å². The maximum Gasteiger partial charge on any atom is 0.341 e. The molecule has 0 unspecified atom stereocenters. The number of esters is 1.